The second-order valence-electron chi connectivity index (χ2n) is 5.07. The first-order valence-corrected chi connectivity index (χ1v) is 6.86. The minimum absolute atomic E-state index is 0.215. The standard InChI is InChI=1S/C14H15F2N3O2/c15-9-3-4-11(16)10(8-9)12-2-1-6-19(12)14(20)17-13-5-7-21-18-13/h3-4,8,12H,1-2,5-7H2,(H,17,18,20). The number of halogens is 2. The Bertz CT molecular complexity index is 592. The van der Waals surface area contributed by atoms with Gasteiger partial charge in [-0.2, -0.15) is 0 Å². The molecule has 1 atom stereocenters. The second-order valence-corrected chi connectivity index (χ2v) is 5.07. The van der Waals surface area contributed by atoms with Gasteiger partial charge in [-0.25, -0.2) is 13.6 Å². The third-order valence-electron chi connectivity index (χ3n) is 3.69. The highest BCUT2D eigenvalue weighted by molar-refractivity contribution is 5.97. The molecule has 2 aliphatic heterocycles. The van der Waals surface area contributed by atoms with Crippen LogP contribution in [0.5, 0.6) is 0 Å². The van der Waals surface area contributed by atoms with Crippen LogP contribution in [-0.4, -0.2) is 29.9 Å². The molecular formula is C14H15F2N3O2. The second kappa shape index (κ2) is 5.67. The molecule has 5 nitrogen and oxygen atoms in total. The molecule has 1 aromatic rings. The topological polar surface area (TPSA) is 53.9 Å². The Morgan fingerprint density at radius 3 is 3.05 bits per heavy atom. The summed E-state index contributed by atoms with van der Waals surface area (Å²) in [5.41, 5.74) is 0.215. The van der Waals surface area contributed by atoms with Crippen molar-refractivity contribution in [1.29, 1.82) is 0 Å². The van der Waals surface area contributed by atoms with E-state index in [0.29, 0.717) is 31.8 Å². The maximum atomic E-state index is 13.9. The Kier molecular flexibility index (Phi) is 3.72. The monoisotopic (exact) mass is 295 g/mol. The zero-order valence-corrected chi connectivity index (χ0v) is 11.3. The van der Waals surface area contributed by atoms with Gasteiger partial charge in [0, 0.05) is 18.5 Å². The van der Waals surface area contributed by atoms with Gasteiger partial charge in [0.15, 0.2) is 5.84 Å². The van der Waals surface area contributed by atoms with E-state index in [0.717, 1.165) is 24.6 Å². The summed E-state index contributed by atoms with van der Waals surface area (Å²) in [6.07, 6.45) is 1.90. The quantitative estimate of drug-likeness (QED) is 0.865. The third-order valence-corrected chi connectivity index (χ3v) is 3.69. The molecule has 1 N–H and O–H groups in total. The van der Waals surface area contributed by atoms with Crippen LogP contribution in [-0.2, 0) is 4.84 Å². The summed E-state index contributed by atoms with van der Waals surface area (Å²) in [5, 5.41) is 6.35. The van der Waals surface area contributed by atoms with Crippen LogP contribution < -0.4 is 5.32 Å². The lowest BCUT2D eigenvalue weighted by molar-refractivity contribution is 0.173. The molecule has 0 radical (unpaired) electrons. The van der Waals surface area contributed by atoms with Gasteiger partial charge in [0.25, 0.3) is 0 Å². The predicted molar refractivity (Wildman–Crippen MR) is 71.6 cm³/mol. The van der Waals surface area contributed by atoms with Crippen molar-refractivity contribution in [2.75, 3.05) is 13.2 Å². The summed E-state index contributed by atoms with van der Waals surface area (Å²) in [5.74, 6) is -0.541. The molecule has 2 amide bonds. The number of hydrogen-bond donors (Lipinski definition) is 1. The highest BCUT2D eigenvalue weighted by Crippen LogP contribution is 2.33. The lowest BCUT2D eigenvalue weighted by atomic mass is 10.0. The number of nitrogens with one attached hydrogen (secondary N) is 1. The van der Waals surface area contributed by atoms with E-state index in [1.807, 2.05) is 0 Å². The van der Waals surface area contributed by atoms with Gasteiger partial charge in [-0.05, 0) is 31.0 Å². The first-order valence-electron chi connectivity index (χ1n) is 6.86. The van der Waals surface area contributed by atoms with Gasteiger partial charge in [-0.3, -0.25) is 5.32 Å². The van der Waals surface area contributed by atoms with Gasteiger partial charge in [0.2, 0.25) is 0 Å². The molecule has 1 saturated heterocycles. The Morgan fingerprint density at radius 2 is 2.29 bits per heavy atom. The van der Waals surface area contributed by atoms with Gasteiger partial charge < -0.3 is 9.74 Å². The highest BCUT2D eigenvalue weighted by atomic mass is 19.1. The van der Waals surface area contributed by atoms with Crippen molar-refractivity contribution in [2.45, 2.75) is 25.3 Å². The molecule has 0 aliphatic carbocycles. The van der Waals surface area contributed by atoms with Crippen LogP contribution >= 0.6 is 0 Å². The third kappa shape index (κ3) is 2.81. The number of carbonyl (C=O) groups is 1. The average Bonchev–Trinajstić information content (AvgIpc) is 3.12. The molecule has 1 fully saturated rings. The number of rotatable bonds is 1. The number of amides is 2. The number of hydrogen-bond acceptors (Lipinski definition) is 3. The number of carbonyl (C=O) groups excluding carboxylic acids is 1. The lowest BCUT2D eigenvalue weighted by Gasteiger charge is -2.25. The van der Waals surface area contributed by atoms with Crippen molar-refractivity contribution in [3.8, 4) is 0 Å². The Balaban J connectivity index is 1.78. The fraction of sp³-hybridized carbons (Fsp3) is 0.429. The van der Waals surface area contributed by atoms with Crippen LogP contribution in [0.25, 0.3) is 0 Å². The summed E-state index contributed by atoms with van der Waals surface area (Å²) in [6.45, 7) is 0.943. The summed E-state index contributed by atoms with van der Waals surface area (Å²) in [6, 6.07) is 2.51. The molecule has 1 aromatic carbocycles. The van der Waals surface area contributed by atoms with Crippen LogP contribution in [0.2, 0.25) is 0 Å². The molecule has 21 heavy (non-hydrogen) atoms. The number of amidine groups is 1. The van der Waals surface area contributed by atoms with E-state index < -0.39 is 17.7 Å². The fourth-order valence-corrected chi connectivity index (χ4v) is 2.70. The minimum atomic E-state index is -0.507. The van der Waals surface area contributed by atoms with Crippen molar-refractivity contribution < 1.29 is 18.4 Å². The van der Waals surface area contributed by atoms with Crippen LogP contribution in [0.4, 0.5) is 13.6 Å². The minimum Gasteiger partial charge on any atom is -0.394 e. The lowest BCUT2D eigenvalue weighted by Crippen LogP contribution is -2.42. The number of benzene rings is 1. The van der Waals surface area contributed by atoms with E-state index in [4.69, 9.17) is 4.84 Å². The molecule has 2 heterocycles. The van der Waals surface area contributed by atoms with E-state index in [9.17, 15) is 13.6 Å². The molecule has 1 unspecified atom stereocenters. The van der Waals surface area contributed by atoms with E-state index in [1.54, 1.807) is 0 Å². The SMILES string of the molecule is O=C(NC1=NOCC1)N1CCCC1c1cc(F)ccc1F. The fourth-order valence-electron chi connectivity index (χ4n) is 2.70. The molecule has 7 heteroatoms. The highest BCUT2D eigenvalue weighted by Gasteiger charge is 2.32. The van der Waals surface area contributed by atoms with Gasteiger partial charge in [0.05, 0.1) is 6.04 Å². The maximum absolute atomic E-state index is 13.9. The zero-order chi connectivity index (χ0) is 14.8. The molecular weight excluding hydrogens is 280 g/mol. The Morgan fingerprint density at radius 1 is 1.43 bits per heavy atom. The summed E-state index contributed by atoms with van der Waals surface area (Å²) in [4.78, 5) is 18.6. The van der Waals surface area contributed by atoms with E-state index >= 15 is 0 Å². The Hall–Kier alpha value is -2.18. The van der Waals surface area contributed by atoms with Gasteiger partial charge in [0.1, 0.15) is 18.2 Å². The smallest absolute Gasteiger partial charge is 0.323 e. The van der Waals surface area contributed by atoms with Crippen molar-refractivity contribution >= 4 is 11.9 Å². The predicted octanol–water partition coefficient (Wildman–Crippen LogP) is 2.55. The number of oxime groups is 1. The molecule has 112 valence electrons. The van der Waals surface area contributed by atoms with Crippen molar-refractivity contribution in [2.24, 2.45) is 5.16 Å². The van der Waals surface area contributed by atoms with Gasteiger partial charge in [-0.1, -0.05) is 5.16 Å². The molecule has 0 bridgehead atoms. The Labute approximate surface area is 120 Å². The molecule has 0 spiro atoms. The van der Waals surface area contributed by atoms with E-state index in [-0.39, 0.29) is 11.6 Å². The van der Waals surface area contributed by atoms with Crippen LogP contribution in [0.15, 0.2) is 23.4 Å². The molecule has 2 aliphatic rings. The zero-order valence-electron chi connectivity index (χ0n) is 11.3. The summed E-state index contributed by atoms with van der Waals surface area (Å²) >= 11 is 0. The summed E-state index contributed by atoms with van der Waals surface area (Å²) in [7, 11) is 0. The van der Waals surface area contributed by atoms with Crippen molar-refractivity contribution in [3.05, 3.63) is 35.4 Å². The van der Waals surface area contributed by atoms with Crippen molar-refractivity contribution in [3.63, 3.8) is 0 Å². The van der Waals surface area contributed by atoms with Crippen LogP contribution in [0.3, 0.4) is 0 Å². The van der Waals surface area contributed by atoms with E-state index in [2.05, 4.69) is 10.5 Å². The summed E-state index contributed by atoms with van der Waals surface area (Å²) < 4.78 is 27.2. The van der Waals surface area contributed by atoms with Crippen molar-refractivity contribution in [1.82, 2.24) is 10.2 Å². The molecule has 0 aromatic heterocycles. The van der Waals surface area contributed by atoms with Gasteiger partial charge in [-0.15, -0.1) is 0 Å². The average molecular weight is 295 g/mol. The number of likely N-dealkylation sites (tertiary alicyclic amines) is 1. The first kappa shape index (κ1) is 13.8. The molecule has 0 saturated carbocycles. The number of urea groups is 1. The molecule has 3 rings (SSSR count). The normalized spacial score (nSPS) is 21.1. The first-order chi connectivity index (χ1) is 10.1. The van der Waals surface area contributed by atoms with E-state index in [1.165, 1.54) is 4.90 Å². The maximum Gasteiger partial charge on any atom is 0.323 e. The number of nitrogens with zero attached hydrogens (tertiary/aromatic N) is 2. The van der Waals surface area contributed by atoms with Gasteiger partial charge >= 0.3 is 6.03 Å². The van der Waals surface area contributed by atoms with Crippen LogP contribution in [0.1, 0.15) is 30.9 Å². The largest absolute Gasteiger partial charge is 0.394 e. The van der Waals surface area contributed by atoms with Crippen LogP contribution in [0, 0.1) is 11.6 Å².